The molecule has 1 aromatic carbocycles. The molecule has 0 bridgehead atoms. The van der Waals surface area contributed by atoms with Crippen LogP contribution in [0.25, 0.3) is 0 Å². The van der Waals surface area contributed by atoms with Crippen LogP contribution in [0, 0.1) is 4.77 Å². The molecular weight excluding hydrogens is 312 g/mol. The zero-order valence-corrected chi connectivity index (χ0v) is 14.7. The van der Waals surface area contributed by atoms with E-state index >= 15 is 0 Å². The second kappa shape index (κ2) is 7.92. The van der Waals surface area contributed by atoms with E-state index in [0.29, 0.717) is 17.1 Å². The predicted octanol–water partition coefficient (Wildman–Crippen LogP) is 3.74. The lowest BCUT2D eigenvalue weighted by atomic mass is 10.2. The Morgan fingerprint density at radius 1 is 1.39 bits per heavy atom. The summed E-state index contributed by atoms with van der Waals surface area (Å²) in [5.74, 6) is 2.43. The van der Waals surface area contributed by atoms with Crippen molar-refractivity contribution in [3.05, 3.63) is 34.4 Å². The van der Waals surface area contributed by atoms with Crippen LogP contribution in [0.3, 0.4) is 0 Å². The summed E-state index contributed by atoms with van der Waals surface area (Å²) in [5, 5.41) is 11.4. The van der Waals surface area contributed by atoms with Crippen molar-refractivity contribution >= 4 is 18.4 Å². The van der Waals surface area contributed by atoms with Crippen LogP contribution in [0.4, 0.5) is 0 Å². The van der Waals surface area contributed by atoms with Crippen molar-refractivity contribution in [3.8, 4) is 11.5 Å². The van der Waals surface area contributed by atoms with E-state index in [2.05, 4.69) is 22.2 Å². The summed E-state index contributed by atoms with van der Waals surface area (Å²) >= 11 is 5.21. The standard InChI is InChI=1S/C16H22N4O2S/c1-5-8-22-13-7-6-12(9-14(13)21-4)10-17-20-15(11(2)3)18-19-16(20)23/h6-7,9-11H,5,8H2,1-4H3,(H,19,23)/b17-10-. The fourth-order valence-electron chi connectivity index (χ4n) is 2.01. The molecule has 0 saturated carbocycles. The van der Waals surface area contributed by atoms with E-state index in [-0.39, 0.29) is 5.92 Å². The molecule has 0 aliphatic rings. The fourth-order valence-corrected chi connectivity index (χ4v) is 2.20. The van der Waals surface area contributed by atoms with Crippen molar-refractivity contribution in [2.75, 3.05) is 13.7 Å². The van der Waals surface area contributed by atoms with E-state index in [1.165, 1.54) is 0 Å². The normalized spacial score (nSPS) is 11.3. The number of aromatic amines is 1. The van der Waals surface area contributed by atoms with E-state index in [1.807, 2.05) is 32.0 Å². The number of ether oxygens (including phenoxy) is 2. The second-order valence-corrected chi connectivity index (χ2v) is 5.74. The number of hydrogen-bond acceptors (Lipinski definition) is 5. The molecular formula is C16H22N4O2S. The van der Waals surface area contributed by atoms with Gasteiger partial charge in [-0.05, 0) is 42.4 Å². The third-order valence-electron chi connectivity index (χ3n) is 3.16. The quantitative estimate of drug-likeness (QED) is 0.619. The van der Waals surface area contributed by atoms with Crippen molar-refractivity contribution in [2.24, 2.45) is 5.10 Å². The maximum atomic E-state index is 5.65. The van der Waals surface area contributed by atoms with E-state index in [9.17, 15) is 0 Å². The summed E-state index contributed by atoms with van der Waals surface area (Å²) < 4.78 is 13.1. The van der Waals surface area contributed by atoms with E-state index in [1.54, 1.807) is 18.0 Å². The van der Waals surface area contributed by atoms with Crippen LogP contribution in [0.15, 0.2) is 23.3 Å². The predicted molar refractivity (Wildman–Crippen MR) is 93.3 cm³/mol. The molecule has 23 heavy (non-hydrogen) atoms. The number of H-pyrrole nitrogens is 1. The van der Waals surface area contributed by atoms with Crippen LogP contribution >= 0.6 is 12.2 Å². The number of benzene rings is 1. The summed E-state index contributed by atoms with van der Waals surface area (Å²) in [6, 6.07) is 5.69. The lowest BCUT2D eigenvalue weighted by Crippen LogP contribution is -2.01. The van der Waals surface area contributed by atoms with Crippen molar-refractivity contribution in [1.82, 2.24) is 14.9 Å². The van der Waals surface area contributed by atoms with Crippen LogP contribution in [-0.4, -0.2) is 34.8 Å². The van der Waals surface area contributed by atoms with Crippen molar-refractivity contribution in [2.45, 2.75) is 33.1 Å². The Kier molecular flexibility index (Phi) is 5.92. The molecule has 0 atom stereocenters. The van der Waals surface area contributed by atoms with Crippen LogP contribution in [0.2, 0.25) is 0 Å². The molecule has 1 heterocycles. The van der Waals surface area contributed by atoms with Crippen LogP contribution < -0.4 is 9.47 Å². The Morgan fingerprint density at radius 2 is 2.17 bits per heavy atom. The molecule has 0 aliphatic heterocycles. The Hall–Kier alpha value is -2.15. The highest BCUT2D eigenvalue weighted by atomic mass is 32.1. The topological polar surface area (TPSA) is 64.4 Å². The number of hydrogen-bond donors (Lipinski definition) is 1. The molecule has 0 amide bonds. The van der Waals surface area contributed by atoms with Gasteiger partial charge in [0, 0.05) is 5.92 Å². The molecule has 0 unspecified atom stereocenters. The zero-order valence-electron chi connectivity index (χ0n) is 13.9. The van der Waals surface area contributed by atoms with Crippen LogP contribution in [0.5, 0.6) is 11.5 Å². The minimum atomic E-state index is 0.222. The molecule has 6 nitrogen and oxygen atoms in total. The Morgan fingerprint density at radius 3 is 2.83 bits per heavy atom. The molecule has 0 aliphatic carbocycles. The number of rotatable bonds is 7. The van der Waals surface area contributed by atoms with E-state index < -0.39 is 0 Å². The summed E-state index contributed by atoms with van der Waals surface area (Å²) in [4.78, 5) is 0. The Balaban J connectivity index is 2.26. The first-order chi connectivity index (χ1) is 11.1. The summed E-state index contributed by atoms with van der Waals surface area (Å²) in [7, 11) is 1.62. The largest absolute Gasteiger partial charge is 0.493 e. The van der Waals surface area contributed by atoms with Gasteiger partial charge >= 0.3 is 0 Å². The number of nitrogens with one attached hydrogen (secondary N) is 1. The van der Waals surface area contributed by atoms with Gasteiger partial charge in [0.1, 0.15) is 0 Å². The van der Waals surface area contributed by atoms with Gasteiger partial charge in [-0.2, -0.15) is 14.9 Å². The van der Waals surface area contributed by atoms with Gasteiger partial charge in [-0.25, -0.2) is 0 Å². The van der Waals surface area contributed by atoms with Gasteiger partial charge in [0.15, 0.2) is 17.3 Å². The summed E-state index contributed by atoms with van der Waals surface area (Å²) in [6.07, 6.45) is 2.67. The molecule has 124 valence electrons. The minimum absolute atomic E-state index is 0.222. The van der Waals surface area contributed by atoms with Gasteiger partial charge < -0.3 is 9.47 Å². The fraction of sp³-hybridized carbons (Fsp3) is 0.438. The van der Waals surface area contributed by atoms with Crippen molar-refractivity contribution in [3.63, 3.8) is 0 Å². The van der Waals surface area contributed by atoms with E-state index in [4.69, 9.17) is 21.7 Å². The average Bonchev–Trinajstić information content (AvgIpc) is 2.92. The Labute approximate surface area is 141 Å². The van der Waals surface area contributed by atoms with Crippen molar-refractivity contribution < 1.29 is 9.47 Å². The van der Waals surface area contributed by atoms with Gasteiger partial charge in [-0.15, -0.1) is 0 Å². The Bertz CT molecular complexity index is 734. The number of methoxy groups -OCH3 is 1. The molecule has 7 heteroatoms. The molecule has 2 aromatic rings. The maximum absolute atomic E-state index is 5.65. The summed E-state index contributed by atoms with van der Waals surface area (Å²) in [5.41, 5.74) is 0.892. The molecule has 0 saturated heterocycles. The lowest BCUT2D eigenvalue weighted by molar-refractivity contribution is 0.294. The first kappa shape index (κ1) is 17.2. The van der Waals surface area contributed by atoms with Crippen molar-refractivity contribution in [1.29, 1.82) is 0 Å². The highest BCUT2D eigenvalue weighted by Gasteiger charge is 2.09. The van der Waals surface area contributed by atoms with Gasteiger partial charge in [0.25, 0.3) is 0 Å². The smallest absolute Gasteiger partial charge is 0.216 e. The molecule has 0 fully saturated rings. The maximum Gasteiger partial charge on any atom is 0.216 e. The molecule has 2 rings (SSSR count). The number of aromatic nitrogens is 3. The average molecular weight is 334 g/mol. The third-order valence-corrected chi connectivity index (χ3v) is 3.43. The third kappa shape index (κ3) is 4.19. The van der Waals surface area contributed by atoms with Crippen LogP contribution in [-0.2, 0) is 0 Å². The first-order valence-corrected chi connectivity index (χ1v) is 8.00. The molecule has 0 radical (unpaired) electrons. The minimum Gasteiger partial charge on any atom is -0.493 e. The highest BCUT2D eigenvalue weighted by molar-refractivity contribution is 7.71. The SMILES string of the molecule is CCCOc1ccc(/C=N\n2c(C(C)C)n[nH]c2=S)cc1OC. The highest BCUT2D eigenvalue weighted by Crippen LogP contribution is 2.27. The van der Waals surface area contributed by atoms with Crippen LogP contribution in [0.1, 0.15) is 44.5 Å². The van der Waals surface area contributed by atoms with E-state index in [0.717, 1.165) is 23.6 Å². The zero-order chi connectivity index (χ0) is 16.8. The van der Waals surface area contributed by atoms with Gasteiger partial charge in [-0.3, -0.25) is 5.10 Å². The first-order valence-electron chi connectivity index (χ1n) is 7.59. The molecule has 1 N–H and O–H groups in total. The lowest BCUT2D eigenvalue weighted by Gasteiger charge is -2.10. The second-order valence-electron chi connectivity index (χ2n) is 5.36. The van der Waals surface area contributed by atoms with Gasteiger partial charge in [0.05, 0.1) is 19.9 Å². The number of nitrogens with zero attached hydrogens (tertiary/aromatic N) is 3. The van der Waals surface area contributed by atoms with Gasteiger partial charge in [0.2, 0.25) is 4.77 Å². The summed E-state index contributed by atoms with van der Waals surface area (Å²) in [6.45, 7) is 6.81. The monoisotopic (exact) mass is 334 g/mol. The molecule has 1 aromatic heterocycles. The molecule has 0 spiro atoms. The van der Waals surface area contributed by atoms with Gasteiger partial charge in [-0.1, -0.05) is 20.8 Å².